The molecule has 0 aliphatic rings. The molecule has 4 nitrogen and oxygen atoms in total. The van der Waals surface area contributed by atoms with Gasteiger partial charge in [0.05, 0.1) is 0 Å². The van der Waals surface area contributed by atoms with Crippen molar-refractivity contribution in [3.05, 3.63) is 47.5 Å². The van der Waals surface area contributed by atoms with Crippen LogP contribution in [0.3, 0.4) is 0 Å². The quantitative estimate of drug-likeness (QED) is 0.931. The minimum Gasteiger partial charge on any atom is -0.384 e. The fourth-order valence-corrected chi connectivity index (χ4v) is 1.92. The smallest absolute Gasteiger partial charge is 0.135 e. The van der Waals surface area contributed by atoms with E-state index in [1.165, 1.54) is 12.1 Å². The number of rotatable bonds is 4. The van der Waals surface area contributed by atoms with E-state index < -0.39 is 0 Å². The molecule has 5 heteroatoms. The second-order valence-electron chi connectivity index (χ2n) is 5.15. The van der Waals surface area contributed by atoms with Crippen LogP contribution < -0.4 is 10.6 Å². The first kappa shape index (κ1) is 14.2. The zero-order chi connectivity index (χ0) is 14.7. The molecule has 0 amide bonds. The molecule has 106 valence electrons. The van der Waals surface area contributed by atoms with Gasteiger partial charge in [0.15, 0.2) is 0 Å². The lowest BCUT2D eigenvalue weighted by Crippen LogP contribution is -2.19. The van der Waals surface area contributed by atoms with E-state index in [-0.39, 0.29) is 11.7 Å². The van der Waals surface area contributed by atoms with Gasteiger partial charge in [-0.25, -0.2) is 14.4 Å². The summed E-state index contributed by atoms with van der Waals surface area (Å²) in [6.45, 7) is 4.60. The van der Waals surface area contributed by atoms with Crippen LogP contribution in [0.25, 0.3) is 0 Å². The summed E-state index contributed by atoms with van der Waals surface area (Å²) in [6.07, 6.45) is 0. The summed E-state index contributed by atoms with van der Waals surface area (Å²) in [5.74, 6) is 1.88. The van der Waals surface area contributed by atoms with Crippen LogP contribution >= 0.6 is 0 Å². The Kier molecular flexibility index (Phi) is 4.17. The maximum Gasteiger partial charge on any atom is 0.135 e. The van der Waals surface area contributed by atoms with Crippen molar-refractivity contribution in [2.75, 3.05) is 17.7 Å². The molecule has 20 heavy (non-hydrogen) atoms. The van der Waals surface area contributed by atoms with Gasteiger partial charge in [-0.05, 0) is 17.7 Å². The van der Waals surface area contributed by atoms with Crippen molar-refractivity contribution in [1.82, 2.24) is 9.97 Å². The minimum absolute atomic E-state index is 0.208. The van der Waals surface area contributed by atoms with Crippen molar-refractivity contribution in [3.63, 3.8) is 0 Å². The Morgan fingerprint density at radius 1 is 1.25 bits per heavy atom. The minimum atomic E-state index is -0.235. The third kappa shape index (κ3) is 3.44. The lowest BCUT2D eigenvalue weighted by atomic mass is 10.2. The predicted molar refractivity (Wildman–Crippen MR) is 79.0 cm³/mol. The molecule has 0 unspecified atom stereocenters. The van der Waals surface area contributed by atoms with E-state index in [0.717, 1.165) is 11.4 Å². The molecule has 0 aliphatic heterocycles. The lowest BCUT2D eigenvalue weighted by molar-refractivity contribution is 0.625. The van der Waals surface area contributed by atoms with E-state index in [1.807, 2.05) is 31.9 Å². The predicted octanol–water partition coefficient (Wildman–Crippen LogP) is 2.96. The molecule has 0 bridgehead atoms. The maximum absolute atomic E-state index is 13.2. The van der Waals surface area contributed by atoms with Crippen molar-refractivity contribution >= 4 is 11.6 Å². The molecule has 0 fully saturated rings. The number of halogens is 1. The number of benzene rings is 1. The highest BCUT2D eigenvalue weighted by Crippen LogP contribution is 2.19. The molecule has 0 aliphatic carbocycles. The fraction of sp³-hybridized carbons (Fsp3) is 0.333. The summed E-state index contributed by atoms with van der Waals surface area (Å²) in [6, 6.07) is 8.26. The molecule has 2 rings (SSSR count). The van der Waals surface area contributed by atoms with Gasteiger partial charge in [-0.2, -0.15) is 0 Å². The SMILES string of the molecule is CC(C)c1nc(N)cc(N(C)Cc2cccc(F)c2)n1. The molecule has 1 aromatic carbocycles. The van der Waals surface area contributed by atoms with E-state index in [1.54, 1.807) is 12.1 Å². The van der Waals surface area contributed by atoms with E-state index in [9.17, 15) is 4.39 Å². The highest BCUT2D eigenvalue weighted by atomic mass is 19.1. The Morgan fingerprint density at radius 3 is 2.65 bits per heavy atom. The van der Waals surface area contributed by atoms with Gasteiger partial charge in [0.2, 0.25) is 0 Å². The van der Waals surface area contributed by atoms with Gasteiger partial charge in [0.1, 0.15) is 23.3 Å². The number of anilines is 2. The van der Waals surface area contributed by atoms with Gasteiger partial charge < -0.3 is 10.6 Å². The number of nitrogen functional groups attached to an aromatic ring is 1. The first-order valence-corrected chi connectivity index (χ1v) is 6.55. The van der Waals surface area contributed by atoms with Crippen LogP contribution in [0, 0.1) is 5.82 Å². The Labute approximate surface area is 118 Å². The van der Waals surface area contributed by atoms with Gasteiger partial charge >= 0.3 is 0 Å². The first-order valence-electron chi connectivity index (χ1n) is 6.55. The van der Waals surface area contributed by atoms with Crippen molar-refractivity contribution < 1.29 is 4.39 Å². The van der Waals surface area contributed by atoms with Crippen molar-refractivity contribution in [2.45, 2.75) is 26.3 Å². The Balaban J connectivity index is 2.22. The van der Waals surface area contributed by atoms with Crippen LogP contribution in [0.2, 0.25) is 0 Å². The van der Waals surface area contributed by atoms with Crippen LogP contribution in [0.5, 0.6) is 0 Å². The summed E-state index contributed by atoms with van der Waals surface area (Å²) < 4.78 is 13.2. The van der Waals surface area contributed by atoms with Crippen molar-refractivity contribution in [2.24, 2.45) is 0 Å². The zero-order valence-corrected chi connectivity index (χ0v) is 12.0. The molecule has 0 atom stereocenters. The Bertz CT molecular complexity index is 598. The number of hydrogen-bond donors (Lipinski definition) is 1. The molecule has 0 saturated carbocycles. The summed E-state index contributed by atoms with van der Waals surface area (Å²) in [4.78, 5) is 10.6. The molecule has 0 saturated heterocycles. The lowest BCUT2D eigenvalue weighted by Gasteiger charge is -2.19. The fourth-order valence-electron chi connectivity index (χ4n) is 1.92. The molecule has 2 N–H and O–H groups in total. The molecular weight excluding hydrogens is 255 g/mol. The summed E-state index contributed by atoms with van der Waals surface area (Å²) in [5.41, 5.74) is 6.70. The largest absolute Gasteiger partial charge is 0.384 e. The van der Waals surface area contributed by atoms with Crippen molar-refractivity contribution in [1.29, 1.82) is 0 Å². The first-order chi connectivity index (χ1) is 9.45. The summed E-state index contributed by atoms with van der Waals surface area (Å²) in [5, 5.41) is 0. The van der Waals surface area contributed by atoms with E-state index >= 15 is 0 Å². The average molecular weight is 274 g/mol. The van der Waals surface area contributed by atoms with Crippen molar-refractivity contribution in [3.8, 4) is 0 Å². The number of aromatic nitrogens is 2. The van der Waals surface area contributed by atoms with Gasteiger partial charge in [-0.15, -0.1) is 0 Å². The zero-order valence-electron chi connectivity index (χ0n) is 12.0. The van der Waals surface area contributed by atoms with Gasteiger partial charge in [-0.1, -0.05) is 26.0 Å². The second kappa shape index (κ2) is 5.86. The summed E-state index contributed by atoms with van der Waals surface area (Å²) in [7, 11) is 1.90. The average Bonchev–Trinajstić information content (AvgIpc) is 2.37. The van der Waals surface area contributed by atoms with E-state index in [0.29, 0.717) is 18.2 Å². The van der Waals surface area contributed by atoms with Crippen LogP contribution in [0.15, 0.2) is 30.3 Å². The summed E-state index contributed by atoms with van der Waals surface area (Å²) >= 11 is 0. The molecule has 1 heterocycles. The Morgan fingerprint density at radius 2 is 2.00 bits per heavy atom. The van der Waals surface area contributed by atoms with E-state index in [2.05, 4.69) is 9.97 Å². The van der Waals surface area contributed by atoms with Crippen LogP contribution in [-0.2, 0) is 6.54 Å². The van der Waals surface area contributed by atoms with Gasteiger partial charge in [0.25, 0.3) is 0 Å². The second-order valence-corrected chi connectivity index (χ2v) is 5.15. The standard InChI is InChI=1S/C15H19FN4/c1-10(2)15-18-13(17)8-14(19-15)20(3)9-11-5-4-6-12(16)7-11/h4-8,10H,9H2,1-3H3,(H2,17,18,19). The number of hydrogen-bond acceptors (Lipinski definition) is 4. The highest BCUT2D eigenvalue weighted by molar-refractivity contribution is 5.47. The van der Waals surface area contributed by atoms with Crippen LogP contribution in [0.1, 0.15) is 31.2 Å². The molecular formula is C15H19FN4. The van der Waals surface area contributed by atoms with E-state index in [4.69, 9.17) is 5.73 Å². The van der Waals surface area contributed by atoms with Gasteiger partial charge in [0, 0.05) is 25.6 Å². The normalized spacial score (nSPS) is 10.8. The highest BCUT2D eigenvalue weighted by Gasteiger charge is 2.10. The van der Waals surface area contributed by atoms with Crippen LogP contribution in [0.4, 0.5) is 16.0 Å². The molecule has 2 aromatic rings. The van der Waals surface area contributed by atoms with Crippen LogP contribution in [-0.4, -0.2) is 17.0 Å². The molecule has 1 aromatic heterocycles. The van der Waals surface area contributed by atoms with Gasteiger partial charge in [-0.3, -0.25) is 0 Å². The number of nitrogens with two attached hydrogens (primary N) is 1. The molecule has 0 spiro atoms. The molecule has 0 radical (unpaired) electrons. The maximum atomic E-state index is 13.2. The topological polar surface area (TPSA) is 55.0 Å². The Hall–Kier alpha value is -2.17. The number of nitrogens with zero attached hydrogens (tertiary/aromatic N) is 3. The third-order valence-corrected chi connectivity index (χ3v) is 2.97. The monoisotopic (exact) mass is 274 g/mol. The third-order valence-electron chi connectivity index (χ3n) is 2.97.